The fourth-order valence-corrected chi connectivity index (χ4v) is 1.45. The molecule has 1 amide bonds. The quantitative estimate of drug-likeness (QED) is 0.630. The van der Waals surface area contributed by atoms with Gasteiger partial charge in [0.05, 0.1) is 4.92 Å². The van der Waals surface area contributed by atoms with E-state index in [-0.39, 0.29) is 17.3 Å². The van der Waals surface area contributed by atoms with Gasteiger partial charge in [-0.05, 0) is 25.0 Å². The first kappa shape index (κ1) is 13.2. The number of aryl methyl sites for hydroxylation is 1. The number of anilines is 1. The number of carbonyl (C=O) groups is 1. The van der Waals surface area contributed by atoms with Gasteiger partial charge in [0.25, 0.3) is 5.69 Å². The van der Waals surface area contributed by atoms with Gasteiger partial charge in [-0.15, -0.1) is 0 Å². The molecule has 17 heavy (non-hydrogen) atoms. The Morgan fingerprint density at radius 1 is 1.47 bits per heavy atom. The molecule has 1 N–H and O–H groups in total. The number of benzene rings is 1. The SMILES string of the molecule is CCCCC(=O)Nc1ccc(C)cc1[N+](=O)[O-]. The molecule has 0 radical (unpaired) electrons. The summed E-state index contributed by atoms with van der Waals surface area (Å²) in [5, 5.41) is 13.4. The molecular formula is C12H16N2O3. The summed E-state index contributed by atoms with van der Waals surface area (Å²) in [6.45, 7) is 3.76. The lowest BCUT2D eigenvalue weighted by Crippen LogP contribution is -2.12. The molecule has 1 aromatic carbocycles. The Bertz CT molecular complexity index is 430. The maximum Gasteiger partial charge on any atom is 0.293 e. The minimum atomic E-state index is -0.484. The highest BCUT2D eigenvalue weighted by molar-refractivity contribution is 5.93. The highest BCUT2D eigenvalue weighted by atomic mass is 16.6. The topological polar surface area (TPSA) is 72.2 Å². The molecule has 92 valence electrons. The Labute approximate surface area is 100.0 Å². The summed E-state index contributed by atoms with van der Waals surface area (Å²) in [7, 11) is 0. The van der Waals surface area contributed by atoms with Crippen molar-refractivity contribution in [2.75, 3.05) is 5.32 Å². The summed E-state index contributed by atoms with van der Waals surface area (Å²) < 4.78 is 0. The van der Waals surface area contributed by atoms with E-state index in [2.05, 4.69) is 5.32 Å². The van der Waals surface area contributed by atoms with Crippen molar-refractivity contribution in [1.82, 2.24) is 0 Å². The van der Waals surface area contributed by atoms with Crippen molar-refractivity contribution in [3.8, 4) is 0 Å². The van der Waals surface area contributed by atoms with Crippen LogP contribution >= 0.6 is 0 Å². The Kier molecular flexibility index (Phi) is 4.63. The average molecular weight is 236 g/mol. The number of carbonyl (C=O) groups excluding carboxylic acids is 1. The number of unbranched alkanes of at least 4 members (excludes halogenated alkanes) is 1. The molecule has 1 rings (SSSR count). The van der Waals surface area contributed by atoms with Crippen LogP contribution in [0.2, 0.25) is 0 Å². The number of rotatable bonds is 5. The third kappa shape index (κ3) is 3.86. The molecule has 0 aliphatic carbocycles. The van der Waals surface area contributed by atoms with Crippen LogP contribution in [0.4, 0.5) is 11.4 Å². The third-order valence-electron chi connectivity index (χ3n) is 2.38. The number of nitrogens with one attached hydrogen (secondary N) is 1. The van der Waals surface area contributed by atoms with E-state index < -0.39 is 4.92 Å². The van der Waals surface area contributed by atoms with Gasteiger partial charge in [-0.3, -0.25) is 14.9 Å². The monoisotopic (exact) mass is 236 g/mol. The van der Waals surface area contributed by atoms with Crippen molar-refractivity contribution in [1.29, 1.82) is 0 Å². The molecule has 0 fully saturated rings. The van der Waals surface area contributed by atoms with Crippen LogP contribution in [-0.2, 0) is 4.79 Å². The number of hydrogen-bond acceptors (Lipinski definition) is 3. The summed E-state index contributed by atoms with van der Waals surface area (Å²) in [4.78, 5) is 21.8. The number of amides is 1. The van der Waals surface area contributed by atoms with Crippen molar-refractivity contribution in [2.45, 2.75) is 33.1 Å². The van der Waals surface area contributed by atoms with E-state index in [1.54, 1.807) is 19.1 Å². The second kappa shape index (κ2) is 5.98. The molecule has 0 aliphatic rings. The van der Waals surface area contributed by atoms with Crippen molar-refractivity contribution in [2.24, 2.45) is 0 Å². The first-order chi connectivity index (χ1) is 8.04. The van der Waals surface area contributed by atoms with Gasteiger partial charge in [0, 0.05) is 12.5 Å². The lowest BCUT2D eigenvalue weighted by molar-refractivity contribution is -0.384. The zero-order valence-electron chi connectivity index (χ0n) is 10.0. The Hall–Kier alpha value is -1.91. The zero-order valence-corrected chi connectivity index (χ0v) is 10.0. The molecular weight excluding hydrogens is 220 g/mol. The van der Waals surface area contributed by atoms with E-state index >= 15 is 0 Å². The van der Waals surface area contributed by atoms with Crippen LogP contribution in [0.15, 0.2) is 18.2 Å². The molecule has 0 spiro atoms. The van der Waals surface area contributed by atoms with Gasteiger partial charge in [-0.1, -0.05) is 19.4 Å². The van der Waals surface area contributed by atoms with E-state index in [0.717, 1.165) is 18.4 Å². The minimum Gasteiger partial charge on any atom is -0.320 e. The number of nitro benzene ring substituents is 1. The van der Waals surface area contributed by atoms with Gasteiger partial charge in [0.15, 0.2) is 0 Å². The van der Waals surface area contributed by atoms with Gasteiger partial charge >= 0.3 is 0 Å². The van der Waals surface area contributed by atoms with Crippen LogP contribution in [0.25, 0.3) is 0 Å². The fourth-order valence-electron chi connectivity index (χ4n) is 1.45. The van der Waals surface area contributed by atoms with Crippen molar-refractivity contribution in [3.05, 3.63) is 33.9 Å². The average Bonchev–Trinajstić information content (AvgIpc) is 2.28. The third-order valence-corrected chi connectivity index (χ3v) is 2.38. The fraction of sp³-hybridized carbons (Fsp3) is 0.417. The van der Waals surface area contributed by atoms with E-state index in [1.807, 2.05) is 6.92 Å². The summed E-state index contributed by atoms with van der Waals surface area (Å²) in [6, 6.07) is 4.76. The van der Waals surface area contributed by atoms with Gasteiger partial charge in [0.2, 0.25) is 5.91 Å². The van der Waals surface area contributed by atoms with Crippen LogP contribution in [0.5, 0.6) is 0 Å². The van der Waals surface area contributed by atoms with Crippen LogP contribution in [0.3, 0.4) is 0 Å². The normalized spacial score (nSPS) is 10.0. The lowest BCUT2D eigenvalue weighted by Gasteiger charge is -2.06. The smallest absolute Gasteiger partial charge is 0.293 e. The van der Waals surface area contributed by atoms with Crippen molar-refractivity contribution < 1.29 is 9.72 Å². The highest BCUT2D eigenvalue weighted by Gasteiger charge is 2.15. The largest absolute Gasteiger partial charge is 0.320 e. The first-order valence-electron chi connectivity index (χ1n) is 5.59. The molecule has 1 aromatic rings. The lowest BCUT2D eigenvalue weighted by atomic mass is 10.2. The van der Waals surface area contributed by atoms with E-state index in [0.29, 0.717) is 6.42 Å². The molecule has 0 saturated heterocycles. The van der Waals surface area contributed by atoms with Gasteiger partial charge in [0.1, 0.15) is 5.69 Å². The van der Waals surface area contributed by atoms with E-state index in [4.69, 9.17) is 0 Å². The maximum absolute atomic E-state index is 11.5. The predicted molar refractivity (Wildman–Crippen MR) is 66.0 cm³/mol. The van der Waals surface area contributed by atoms with E-state index in [1.165, 1.54) is 6.07 Å². The molecule has 0 unspecified atom stereocenters. The van der Waals surface area contributed by atoms with Crippen molar-refractivity contribution in [3.63, 3.8) is 0 Å². The first-order valence-corrected chi connectivity index (χ1v) is 5.59. The summed E-state index contributed by atoms with van der Waals surface area (Å²) in [5.41, 5.74) is 1.000. The Balaban J connectivity index is 2.83. The summed E-state index contributed by atoms with van der Waals surface area (Å²) in [6.07, 6.45) is 2.09. The van der Waals surface area contributed by atoms with Crippen LogP contribution in [0.1, 0.15) is 31.7 Å². The summed E-state index contributed by atoms with van der Waals surface area (Å²) >= 11 is 0. The predicted octanol–water partition coefficient (Wildman–Crippen LogP) is 3.03. The number of nitro groups is 1. The van der Waals surface area contributed by atoms with Gasteiger partial charge < -0.3 is 5.32 Å². The highest BCUT2D eigenvalue weighted by Crippen LogP contribution is 2.25. The van der Waals surface area contributed by atoms with Crippen LogP contribution in [0, 0.1) is 17.0 Å². The molecule has 0 aliphatic heterocycles. The molecule has 0 heterocycles. The number of nitrogens with zero attached hydrogens (tertiary/aromatic N) is 1. The minimum absolute atomic E-state index is 0.0603. The molecule has 0 saturated carbocycles. The summed E-state index contributed by atoms with van der Waals surface area (Å²) in [5.74, 6) is -0.182. The van der Waals surface area contributed by atoms with Crippen molar-refractivity contribution >= 4 is 17.3 Å². The van der Waals surface area contributed by atoms with Crippen LogP contribution in [-0.4, -0.2) is 10.8 Å². The molecule has 0 atom stereocenters. The number of hydrogen-bond donors (Lipinski definition) is 1. The molecule has 5 heteroatoms. The molecule has 5 nitrogen and oxygen atoms in total. The van der Waals surface area contributed by atoms with Crippen LogP contribution < -0.4 is 5.32 Å². The Morgan fingerprint density at radius 2 is 2.18 bits per heavy atom. The standard InChI is InChI=1S/C12H16N2O3/c1-3-4-5-12(15)13-10-7-6-9(2)8-11(10)14(16)17/h6-8H,3-5H2,1-2H3,(H,13,15). The Morgan fingerprint density at radius 3 is 2.76 bits per heavy atom. The second-order valence-corrected chi connectivity index (χ2v) is 3.93. The van der Waals surface area contributed by atoms with Gasteiger partial charge in [-0.2, -0.15) is 0 Å². The van der Waals surface area contributed by atoms with E-state index in [9.17, 15) is 14.9 Å². The molecule has 0 bridgehead atoms. The second-order valence-electron chi connectivity index (χ2n) is 3.93. The maximum atomic E-state index is 11.5. The zero-order chi connectivity index (χ0) is 12.8. The van der Waals surface area contributed by atoms with Gasteiger partial charge in [-0.25, -0.2) is 0 Å². The molecule has 0 aromatic heterocycles.